The molecule has 1 unspecified atom stereocenters. The Hall–Kier alpha value is -0.590. The highest BCUT2D eigenvalue weighted by Crippen LogP contribution is 2.14. The van der Waals surface area contributed by atoms with Crippen molar-refractivity contribution in [3.63, 3.8) is 0 Å². The van der Waals surface area contributed by atoms with Gasteiger partial charge in [0.05, 0.1) is 0 Å². The van der Waals surface area contributed by atoms with Crippen LogP contribution in [0, 0.1) is 5.92 Å². The van der Waals surface area contributed by atoms with Gasteiger partial charge in [0.15, 0.2) is 3.79 Å². The zero-order chi connectivity index (χ0) is 15.5. The fourth-order valence-corrected chi connectivity index (χ4v) is 2.60. The topological polar surface area (TPSA) is 55.4 Å². The van der Waals surface area contributed by atoms with E-state index < -0.39 is 0 Å². The second-order valence-electron chi connectivity index (χ2n) is 5.64. The molecule has 1 N–H and O–H groups in total. The Balaban J connectivity index is 2.10. The van der Waals surface area contributed by atoms with Crippen LogP contribution >= 0.6 is 22.6 Å². The molecule has 0 aromatic heterocycles. The van der Waals surface area contributed by atoms with Crippen LogP contribution in [0.4, 0.5) is 4.79 Å². The van der Waals surface area contributed by atoms with Crippen molar-refractivity contribution in [3.8, 4) is 0 Å². The van der Waals surface area contributed by atoms with Crippen molar-refractivity contribution in [1.82, 2.24) is 5.32 Å². The highest BCUT2D eigenvalue weighted by Gasteiger charge is 2.12. The first-order valence-electron chi connectivity index (χ1n) is 7.90. The molecule has 4 nitrogen and oxygen atoms in total. The van der Waals surface area contributed by atoms with Gasteiger partial charge >= 0.3 is 6.09 Å². The number of hydrogen-bond donors (Lipinski definition) is 1. The highest BCUT2D eigenvalue weighted by atomic mass is 127. The Bertz CT molecular complexity index is 357. The summed E-state index contributed by atoms with van der Waals surface area (Å²) in [6.45, 7) is 2.55. The van der Waals surface area contributed by atoms with E-state index in [-0.39, 0.29) is 21.9 Å². The lowest BCUT2D eigenvalue weighted by atomic mass is 10.0. The van der Waals surface area contributed by atoms with Crippen molar-refractivity contribution in [2.75, 3.05) is 6.54 Å². The van der Waals surface area contributed by atoms with Crippen molar-refractivity contribution in [2.45, 2.75) is 64.4 Å². The molecule has 1 aliphatic carbocycles. The summed E-state index contributed by atoms with van der Waals surface area (Å²) >= 11 is 1.84. The second-order valence-corrected chi connectivity index (χ2v) is 6.70. The van der Waals surface area contributed by atoms with Crippen molar-refractivity contribution >= 4 is 32.5 Å². The van der Waals surface area contributed by atoms with Gasteiger partial charge < -0.3 is 10.1 Å². The third-order valence-corrected chi connectivity index (χ3v) is 4.75. The van der Waals surface area contributed by atoms with E-state index in [2.05, 4.69) is 11.4 Å². The van der Waals surface area contributed by atoms with E-state index in [9.17, 15) is 9.59 Å². The Morgan fingerprint density at radius 1 is 1.33 bits per heavy atom. The van der Waals surface area contributed by atoms with Gasteiger partial charge in [-0.3, -0.25) is 4.79 Å². The van der Waals surface area contributed by atoms with E-state index in [1.54, 1.807) is 0 Å². The standard InChI is InChI=1S/C16H26INO3/c1-13(15(17)19)9-7-8-12-18-16(20)21-14-10-5-3-2-4-6-11-14/h5,10,13-14H,2-4,6-9,11-12H2,1H3,(H,18,20)/b10-5+/t13-,14?/m1/s1. The van der Waals surface area contributed by atoms with Crippen LogP contribution in [0.5, 0.6) is 0 Å². The van der Waals surface area contributed by atoms with Crippen LogP contribution in [0.3, 0.4) is 0 Å². The lowest BCUT2D eigenvalue weighted by Crippen LogP contribution is -2.29. The number of halogens is 1. The van der Waals surface area contributed by atoms with Gasteiger partial charge in [0, 0.05) is 12.5 Å². The Morgan fingerprint density at radius 2 is 2.14 bits per heavy atom. The molecule has 0 saturated heterocycles. The lowest BCUT2D eigenvalue weighted by Gasteiger charge is -2.16. The third-order valence-electron chi connectivity index (χ3n) is 3.69. The first-order valence-corrected chi connectivity index (χ1v) is 8.98. The maximum atomic E-state index is 11.7. The summed E-state index contributed by atoms with van der Waals surface area (Å²) in [6, 6.07) is 0. The predicted octanol–water partition coefficient (Wildman–Crippen LogP) is 4.37. The van der Waals surface area contributed by atoms with Crippen LogP contribution in [-0.4, -0.2) is 22.5 Å². The van der Waals surface area contributed by atoms with Crippen LogP contribution < -0.4 is 5.32 Å². The first kappa shape index (κ1) is 18.5. The lowest BCUT2D eigenvalue weighted by molar-refractivity contribution is -0.112. The maximum Gasteiger partial charge on any atom is 0.407 e. The summed E-state index contributed by atoms with van der Waals surface area (Å²) in [5.74, 6) is 0.109. The minimum atomic E-state index is -0.330. The number of amides is 1. The minimum absolute atomic E-state index is 0.0815. The molecule has 0 aromatic rings. The zero-order valence-electron chi connectivity index (χ0n) is 12.8. The molecule has 0 fully saturated rings. The SMILES string of the molecule is C[C@H](CCCCNC(=O)OC1/C=C/CCCCC1)C(=O)I. The number of unbranched alkanes of at least 4 members (excludes halogenated alkanes) is 1. The van der Waals surface area contributed by atoms with Crippen molar-refractivity contribution in [1.29, 1.82) is 0 Å². The molecular formula is C16H26INO3. The Morgan fingerprint density at radius 3 is 2.90 bits per heavy atom. The average Bonchev–Trinajstić information content (AvgIpc) is 2.41. The highest BCUT2D eigenvalue weighted by molar-refractivity contribution is 14.1. The van der Waals surface area contributed by atoms with Crippen LogP contribution in [0.2, 0.25) is 0 Å². The summed E-state index contributed by atoms with van der Waals surface area (Å²) in [5, 5.41) is 2.79. The van der Waals surface area contributed by atoms with Crippen LogP contribution in [-0.2, 0) is 9.53 Å². The molecule has 21 heavy (non-hydrogen) atoms. The van der Waals surface area contributed by atoms with E-state index in [4.69, 9.17) is 4.74 Å². The van der Waals surface area contributed by atoms with Gasteiger partial charge in [-0.25, -0.2) is 4.79 Å². The fourth-order valence-electron chi connectivity index (χ4n) is 2.29. The largest absolute Gasteiger partial charge is 0.442 e. The fraction of sp³-hybridized carbons (Fsp3) is 0.750. The maximum absolute atomic E-state index is 11.7. The molecule has 1 aliphatic rings. The predicted molar refractivity (Wildman–Crippen MR) is 92.5 cm³/mol. The molecule has 1 amide bonds. The molecule has 0 heterocycles. The zero-order valence-corrected chi connectivity index (χ0v) is 14.9. The van der Waals surface area contributed by atoms with Crippen molar-refractivity contribution in [3.05, 3.63) is 12.2 Å². The quantitative estimate of drug-likeness (QED) is 0.295. The second kappa shape index (κ2) is 11.0. The van der Waals surface area contributed by atoms with Gasteiger partial charge in [-0.15, -0.1) is 0 Å². The number of carbonyl (C=O) groups is 2. The number of alkyl carbamates (subject to hydrolysis) is 1. The number of rotatable bonds is 7. The number of nitrogens with one attached hydrogen (secondary N) is 1. The van der Waals surface area contributed by atoms with Crippen molar-refractivity contribution < 1.29 is 14.3 Å². The van der Waals surface area contributed by atoms with Crippen LogP contribution in [0.1, 0.15) is 58.3 Å². The summed E-state index contributed by atoms with van der Waals surface area (Å²) < 4.78 is 5.61. The number of allylic oxidation sites excluding steroid dienone is 1. The van der Waals surface area contributed by atoms with Crippen molar-refractivity contribution in [2.24, 2.45) is 5.92 Å². The molecule has 0 bridgehead atoms. The molecular weight excluding hydrogens is 381 g/mol. The number of carbonyl (C=O) groups excluding carboxylic acids is 2. The average molecular weight is 407 g/mol. The molecule has 5 heteroatoms. The summed E-state index contributed by atoms with van der Waals surface area (Å²) in [5.41, 5.74) is 0. The molecule has 2 atom stereocenters. The third kappa shape index (κ3) is 9.11. The normalized spacial score (nSPS) is 21.7. The smallest absolute Gasteiger partial charge is 0.407 e. The number of hydrogen-bond acceptors (Lipinski definition) is 3. The van der Waals surface area contributed by atoms with E-state index in [0.717, 1.165) is 38.5 Å². The molecule has 0 aromatic carbocycles. The first-order chi connectivity index (χ1) is 10.1. The summed E-state index contributed by atoms with van der Waals surface area (Å²) in [4.78, 5) is 22.8. The van der Waals surface area contributed by atoms with Crippen LogP contribution in [0.15, 0.2) is 12.2 Å². The van der Waals surface area contributed by atoms with E-state index in [1.165, 1.54) is 12.8 Å². The molecule has 1 rings (SSSR count). The monoisotopic (exact) mass is 407 g/mol. The molecule has 0 spiro atoms. The van der Waals surface area contributed by atoms with E-state index >= 15 is 0 Å². The van der Waals surface area contributed by atoms with E-state index in [0.29, 0.717) is 6.54 Å². The van der Waals surface area contributed by atoms with Gasteiger partial charge in [0.1, 0.15) is 6.10 Å². The molecule has 120 valence electrons. The van der Waals surface area contributed by atoms with Gasteiger partial charge in [-0.05, 0) is 67.2 Å². The van der Waals surface area contributed by atoms with Gasteiger partial charge in [0.2, 0.25) is 0 Å². The number of ether oxygens (including phenoxy) is 1. The molecule has 0 aliphatic heterocycles. The van der Waals surface area contributed by atoms with Gasteiger partial charge in [-0.1, -0.05) is 25.8 Å². The summed E-state index contributed by atoms with van der Waals surface area (Å²) in [7, 11) is 0. The van der Waals surface area contributed by atoms with E-state index in [1.807, 2.05) is 35.6 Å². The van der Waals surface area contributed by atoms with Crippen LogP contribution in [0.25, 0.3) is 0 Å². The van der Waals surface area contributed by atoms with Gasteiger partial charge in [0.25, 0.3) is 0 Å². The van der Waals surface area contributed by atoms with Gasteiger partial charge in [-0.2, -0.15) is 0 Å². The Kier molecular flexibility index (Phi) is 9.70. The molecule has 0 radical (unpaired) electrons. The molecule has 0 saturated carbocycles. The minimum Gasteiger partial charge on any atom is -0.442 e. The summed E-state index contributed by atoms with van der Waals surface area (Å²) in [6.07, 6.45) is 12.0. The Labute approximate surface area is 141 Å².